The molecule has 1 unspecified atom stereocenters. The van der Waals surface area contributed by atoms with Gasteiger partial charge < -0.3 is 10.6 Å². The summed E-state index contributed by atoms with van der Waals surface area (Å²) in [6.45, 7) is 7.47. The molecule has 0 saturated heterocycles. The second kappa shape index (κ2) is 4.88. The second-order valence-corrected chi connectivity index (χ2v) is 5.82. The largest absolute Gasteiger partial charge is 0.364 e. The maximum absolute atomic E-state index is 11.5. The van der Waals surface area contributed by atoms with Crippen molar-refractivity contribution in [3.05, 3.63) is 0 Å². The Bertz CT molecular complexity index is 276. The lowest BCUT2D eigenvalue weighted by atomic mass is 9.92. The number of hydrogen-bond acceptors (Lipinski definition) is 4. The van der Waals surface area contributed by atoms with E-state index in [1.165, 1.54) is 0 Å². The van der Waals surface area contributed by atoms with E-state index in [1.807, 2.05) is 13.8 Å². The number of thioether (sulfide) groups is 1. The van der Waals surface area contributed by atoms with E-state index >= 15 is 0 Å². The minimum Gasteiger partial charge on any atom is -0.364 e. The van der Waals surface area contributed by atoms with Gasteiger partial charge in [0.1, 0.15) is 0 Å². The standard InChI is InChI=1S/C10H19N3OS/c1-7-5-12-9(15-7)13-6-10(2,3)8(14)11-4/h7H,5-6H2,1-4H3,(H,11,14)(H,12,13). The molecule has 1 heterocycles. The van der Waals surface area contributed by atoms with Crippen molar-refractivity contribution in [2.45, 2.75) is 26.0 Å². The molecule has 1 rings (SSSR count). The number of nitrogens with zero attached hydrogens (tertiary/aromatic N) is 1. The Balaban J connectivity index is 2.39. The zero-order valence-electron chi connectivity index (χ0n) is 9.76. The van der Waals surface area contributed by atoms with Crippen molar-refractivity contribution < 1.29 is 4.79 Å². The number of amidine groups is 1. The zero-order chi connectivity index (χ0) is 11.5. The topological polar surface area (TPSA) is 53.5 Å². The highest BCUT2D eigenvalue weighted by atomic mass is 32.2. The SMILES string of the molecule is CNC(=O)C(C)(C)CNC1=NCC(C)S1. The number of rotatable bonds is 3. The highest BCUT2D eigenvalue weighted by molar-refractivity contribution is 8.14. The molecule has 0 aromatic heterocycles. The molecule has 0 aromatic rings. The molecule has 1 aliphatic heterocycles. The van der Waals surface area contributed by atoms with E-state index in [0.29, 0.717) is 11.8 Å². The third-order valence-corrected chi connectivity index (χ3v) is 3.38. The molecule has 0 aromatic carbocycles. The highest BCUT2D eigenvalue weighted by Crippen LogP contribution is 2.20. The van der Waals surface area contributed by atoms with E-state index in [1.54, 1.807) is 18.8 Å². The molecular weight excluding hydrogens is 210 g/mol. The van der Waals surface area contributed by atoms with Gasteiger partial charge in [-0.25, -0.2) is 0 Å². The van der Waals surface area contributed by atoms with Gasteiger partial charge in [0.15, 0.2) is 5.17 Å². The lowest BCUT2D eigenvalue weighted by Crippen LogP contribution is -2.43. The average molecular weight is 229 g/mol. The van der Waals surface area contributed by atoms with Gasteiger partial charge in [-0.2, -0.15) is 0 Å². The first kappa shape index (κ1) is 12.4. The van der Waals surface area contributed by atoms with Crippen LogP contribution in [0.15, 0.2) is 4.99 Å². The van der Waals surface area contributed by atoms with Crippen molar-refractivity contribution >= 4 is 22.8 Å². The molecule has 2 N–H and O–H groups in total. The van der Waals surface area contributed by atoms with Gasteiger partial charge >= 0.3 is 0 Å². The summed E-state index contributed by atoms with van der Waals surface area (Å²) in [5.74, 6) is 0.0478. The summed E-state index contributed by atoms with van der Waals surface area (Å²) in [6.07, 6.45) is 0. The van der Waals surface area contributed by atoms with Crippen LogP contribution in [0.1, 0.15) is 20.8 Å². The van der Waals surface area contributed by atoms with Crippen LogP contribution in [-0.4, -0.2) is 36.5 Å². The molecule has 0 saturated carbocycles. The van der Waals surface area contributed by atoms with Gasteiger partial charge in [-0.15, -0.1) is 0 Å². The molecule has 0 bridgehead atoms. The lowest BCUT2D eigenvalue weighted by Gasteiger charge is -2.23. The second-order valence-electron chi connectivity index (χ2n) is 4.39. The maximum Gasteiger partial charge on any atom is 0.227 e. The molecule has 5 heteroatoms. The Labute approximate surface area is 95.3 Å². The van der Waals surface area contributed by atoms with Crippen molar-refractivity contribution in [3.63, 3.8) is 0 Å². The summed E-state index contributed by atoms with van der Waals surface area (Å²) >= 11 is 1.73. The quantitative estimate of drug-likeness (QED) is 0.754. The molecule has 0 spiro atoms. The van der Waals surface area contributed by atoms with Gasteiger partial charge in [0.05, 0.1) is 12.0 Å². The van der Waals surface area contributed by atoms with Gasteiger partial charge in [0.25, 0.3) is 0 Å². The summed E-state index contributed by atoms with van der Waals surface area (Å²) in [6, 6.07) is 0. The first-order valence-corrected chi connectivity index (χ1v) is 6.01. The summed E-state index contributed by atoms with van der Waals surface area (Å²) in [5.41, 5.74) is -0.399. The highest BCUT2D eigenvalue weighted by Gasteiger charge is 2.27. The van der Waals surface area contributed by atoms with Crippen LogP contribution in [0.5, 0.6) is 0 Å². The van der Waals surface area contributed by atoms with Gasteiger partial charge in [0.2, 0.25) is 5.91 Å². The van der Waals surface area contributed by atoms with Crippen LogP contribution >= 0.6 is 11.8 Å². The summed E-state index contributed by atoms with van der Waals surface area (Å²) in [4.78, 5) is 15.8. The molecule has 86 valence electrons. The fraction of sp³-hybridized carbons (Fsp3) is 0.800. The Hall–Kier alpha value is -0.710. The van der Waals surface area contributed by atoms with Gasteiger partial charge in [0, 0.05) is 18.8 Å². The van der Waals surface area contributed by atoms with Crippen molar-refractivity contribution in [1.29, 1.82) is 0 Å². The fourth-order valence-electron chi connectivity index (χ4n) is 1.29. The fourth-order valence-corrected chi connectivity index (χ4v) is 2.12. The van der Waals surface area contributed by atoms with Crippen molar-refractivity contribution in [3.8, 4) is 0 Å². The predicted molar refractivity (Wildman–Crippen MR) is 65.2 cm³/mol. The van der Waals surface area contributed by atoms with Crippen molar-refractivity contribution in [1.82, 2.24) is 10.6 Å². The Kier molecular flexibility index (Phi) is 4.02. The van der Waals surface area contributed by atoms with Crippen LogP contribution in [0, 0.1) is 5.41 Å². The number of hydrogen-bond donors (Lipinski definition) is 2. The number of amides is 1. The minimum atomic E-state index is -0.399. The van der Waals surface area contributed by atoms with E-state index in [0.717, 1.165) is 11.7 Å². The number of nitrogens with one attached hydrogen (secondary N) is 2. The van der Waals surface area contributed by atoms with Gasteiger partial charge in [-0.05, 0) is 13.8 Å². The summed E-state index contributed by atoms with van der Waals surface area (Å²) in [7, 11) is 1.66. The number of carbonyl (C=O) groups excluding carboxylic acids is 1. The predicted octanol–water partition coefficient (Wildman–Crippen LogP) is 0.839. The zero-order valence-corrected chi connectivity index (χ0v) is 10.6. The number of aliphatic imine (C=N–C) groups is 1. The molecule has 0 fully saturated rings. The summed E-state index contributed by atoms with van der Waals surface area (Å²) in [5, 5.41) is 7.39. The molecule has 1 amide bonds. The van der Waals surface area contributed by atoms with Gasteiger partial charge in [-0.3, -0.25) is 9.79 Å². The smallest absolute Gasteiger partial charge is 0.227 e. The van der Waals surface area contributed by atoms with E-state index in [2.05, 4.69) is 22.5 Å². The maximum atomic E-state index is 11.5. The Morgan fingerprint density at radius 1 is 1.67 bits per heavy atom. The van der Waals surface area contributed by atoms with E-state index in [4.69, 9.17) is 0 Å². The minimum absolute atomic E-state index is 0.0478. The first-order valence-electron chi connectivity index (χ1n) is 5.13. The Morgan fingerprint density at radius 3 is 2.80 bits per heavy atom. The van der Waals surface area contributed by atoms with Crippen molar-refractivity contribution in [2.24, 2.45) is 10.4 Å². The van der Waals surface area contributed by atoms with E-state index in [-0.39, 0.29) is 5.91 Å². The molecule has 1 aliphatic rings. The van der Waals surface area contributed by atoms with E-state index in [9.17, 15) is 4.79 Å². The molecule has 0 aliphatic carbocycles. The molecule has 15 heavy (non-hydrogen) atoms. The van der Waals surface area contributed by atoms with E-state index < -0.39 is 5.41 Å². The van der Waals surface area contributed by atoms with Gasteiger partial charge in [-0.1, -0.05) is 18.7 Å². The monoisotopic (exact) mass is 229 g/mol. The van der Waals surface area contributed by atoms with Crippen LogP contribution in [-0.2, 0) is 4.79 Å². The van der Waals surface area contributed by atoms with Crippen LogP contribution in [0.3, 0.4) is 0 Å². The first-order chi connectivity index (χ1) is 6.95. The molecular formula is C10H19N3OS. The number of carbonyl (C=O) groups is 1. The Morgan fingerprint density at radius 2 is 2.33 bits per heavy atom. The van der Waals surface area contributed by atoms with Crippen molar-refractivity contribution in [2.75, 3.05) is 20.1 Å². The molecule has 1 atom stereocenters. The van der Waals surface area contributed by atoms with Crippen LogP contribution < -0.4 is 10.6 Å². The third-order valence-electron chi connectivity index (χ3n) is 2.33. The lowest BCUT2D eigenvalue weighted by molar-refractivity contribution is -0.128. The normalized spacial score (nSPS) is 21.1. The molecule has 4 nitrogen and oxygen atoms in total. The summed E-state index contributed by atoms with van der Waals surface area (Å²) < 4.78 is 0. The average Bonchev–Trinajstić information content (AvgIpc) is 2.60. The molecule has 0 radical (unpaired) electrons. The van der Waals surface area contributed by atoms with Crippen LogP contribution in [0.4, 0.5) is 0 Å². The van der Waals surface area contributed by atoms with Crippen LogP contribution in [0.2, 0.25) is 0 Å². The van der Waals surface area contributed by atoms with Crippen LogP contribution in [0.25, 0.3) is 0 Å². The third kappa shape index (κ3) is 3.41.